The Morgan fingerprint density at radius 1 is 1.38 bits per heavy atom. The van der Waals surface area contributed by atoms with Crippen molar-refractivity contribution in [2.75, 3.05) is 12.8 Å². The van der Waals surface area contributed by atoms with Gasteiger partial charge in [0.05, 0.1) is 29.8 Å². The molecule has 3 aromatic rings. The van der Waals surface area contributed by atoms with Crippen molar-refractivity contribution in [3.8, 4) is 11.5 Å². The first kappa shape index (κ1) is 15.2. The molecule has 1 saturated heterocycles. The summed E-state index contributed by atoms with van der Waals surface area (Å²) in [5, 5.41) is 8.21. The summed E-state index contributed by atoms with van der Waals surface area (Å²) in [4.78, 5) is 8.72. The lowest BCUT2D eigenvalue weighted by Gasteiger charge is -2.18. The first-order valence-corrected chi connectivity index (χ1v) is 9.40. The van der Waals surface area contributed by atoms with Crippen LogP contribution >= 0.6 is 0 Å². The smallest absolute Gasteiger partial charge is 0.261 e. The van der Waals surface area contributed by atoms with E-state index in [4.69, 9.17) is 4.52 Å². The van der Waals surface area contributed by atoms with Crippen molar-refractivity contribution in [3.63, 3.8) is 0 Å². The number of nitrogens with zero attached hydrogens (tertiary/aromatic N) is 6. The molecule has 24 heavy (non-hydrogen) atoms. The molecule has 4 heterocycles. The number of hydrogen-bond donors (Lipinski definition) is 0. The lowest BCUT2D eigenvalue weighted by atomic mass is 10.2. The van der Waals surface area contributed by atoms with E-state index in [-0.39, 0.29) is 6.04 Å². The number of sulfonamides is 1. The van der Waals surface area contributed by atoms with Crippen LogP contribution in [0.1, 0.15) is 30.4 Å². The van der Waals surface area contributed by atoms with E-state index in [1.54, 1.807) is 23.0 Å². The van der Waals surface area contributed by atoms with Crippen LogP contribution in [0.15, 0.2) is 23.0 Å². The second-order valence-corrected chi connectivity index (χ2v) is 7.78. The molecule has 0 radical (unpaired) electrons. The molecule has 10 heteroatoms. The molecular formula is C14H16N6O3S. The first-order chi connectivity index (χ1) is 11.4. The van der Waals surface area contributed by atoms with E-state index in [9.17, 15) is 8.42 Å². The van der Waals surface area contributed by atoms with E-state index in [0.29, 0.717) is 30.2 Å². The van der Waals surface area contributed by atoms with Crippen molar-refractivity contribution in [1.82, 2.24) is 29.0 Å². The number of aromatic nitrogens is 5. The SMILES string of the molecule is Cc1c(-c2nc(C3CCCN3S(C)(=O)=O)no2)cnc2ccnn12. The van der Waals surface area contributed by atoms with Gasteiger partial charge in [-0.05, 0) is 19.8 Å². The van der Waals surface area contributed by atoms with Gasteiger partial charge in [-0.15, -0.1) is 0 Å². The summed E-state index contributed by atoms with van der Waals surface area (Å²) < 4.78 is 32.2. The van der Waals surface area contributed by atoms with Gasteiger partial charge in [-0.2, -0.15) is 14.4 Å². The van der Waals surface area contributed by atoms with Crippen molar-refractivity contribution in [3.05, 3.63) is 30.0 Å². The van der Waals surface area contributed by atoms with Gasteiger partial charge in [0, 0.05) is 18.8 Å². The van der Waals surface area contributed by atoms with E-state index in [1.807, 2.05) is 6.92 Å². The molecule has 9 nitrogen and oxygen atoms in total. The van der Waals surface area contributed by atoms with Gasteiger partial charge in [-0.3, -0.25) is 0 Å². The zero-order valence-corrected chi connectivity index (χ0v) is 14.1. The molecule has 0 aliphatic carbocycles. The largest absolute Gasteiger partial charge is 0.334 e. The van der Waals surface area contributed by atoms with Gasteiger partial charge in [-0.1, -0.05) is 5.16 Å². The molecule has 0 saturated carbocycles. The third-order valence-electron chi connectivity index (χ3n) is 4.26. The van der Waals surface area contributed by atoms with Crippen LogP contribution in [-0.2, 0) is 10.0 Å². The van der Waals surface area contributed by atoms with Crippen LogP contribution in [0.2, 0.25) is 0 Å². The fourth-order valence-electron chi connectivity index (χ4n) is 3.08. The minimum Gasteiger partial charge on any atom is -0.334 e. The predicted molar refractivity (Wildman–Crippen MR) is 84.5 cm³/mol. The van der Waals surface area contributed by atoms with Gasteiger partial charge in [0.15, 0.2) is 11.5 Å². The molecular weight excluding hydrogens is 332 g/mol. The van der Waals surface area contributed by atoms with Crippen LogP contribution in [0, 0.1) is 6.92 Å². The second-order valence-electron chi connectivity index (χ2n) is 5.85. The number of fused-ring (bicyclic) bond motifs is 1. The average molecular weight is 348 g/mol. The highest BCUT2D eigenvalue weighted by molar-refractivity contribution is 7.88. The van der Waals surface area contributed by atoms with E-state index < -0.39 is 10.0 Å². The Morgan fingerprint density at radius 2 is 2.21 bits per heavy atom. The van der Waals surface area contributed by atoms with Crippen LogP contribution in [0.5, 0.6) is 0 Å². The van der Waals surface area contributed by atoms with Crippen LogP contribution in [0.4, 0.5) is 0 Å². The van der Waals surface area contributed by atoms with Gasteiger partial charge in [-0.25, -0.2) is 17.9 Å². The zero-order chi connectivity index (χ0) is 16.9. The molecule has 126 valence electrons. The number of aryl methyl sites for hydroxylation is 1. The van der Waals surface area contributed by atoms with Crippen LogP contribution in [0.25, 0.3) is 17.1 Å². The first-order valence-electron chi connectivity index (χ1n) is 7.55. The highest BCUT2D eigenvalue weighted by Gasteiger charge is 2.36. The van der Waals surface area contributed by atoms with Gasteiger partial charge in [0.1, 0.15) is 0 Å². The minimum atomic E-state index is -3.30. The average Bonchev–Trinajstić information content (AvgIpc) is 3.26. The molecule has 4 rings (SSSR count). The molecule has 1 atom stereocenters. The third kappa shape index (κ3) is 2.38. The Labute approximate surface area is 138 Å². The maximum Gasteiger partial charge on any atom is 0.261 e. The fourth-order valence-corrected chi connectivity index (χ4v) is 4.20. The summed E-state index contributed by atoms with van der Waals surface area (Å²) >= 11 is 0. The Balaban J connectivity index is 1.73. The summed E-state index contributed by atoms with van der Waals surface area (Å²) in [6.45, 7) is 2.37. The molecule has 0 spiro atoms. The topological polar surface area (TPSA) is 106 Å². The van der Waals surface area contributed by atoms with Gasteiger partial charge >= 0.3 is 0 Å². The van der Waals surface area contributed by atoms with E-state index in [2.05, 4.69) is 20.2 Å². The van der Waals surface area contributed by atoms with Crippen molar-refractivity contribution in [2.45, 2.75) is 25.8 Å². The molecule has 3 aromatic heterocycles. The quantitative estimate of drug-likeness (QED) is 0.699. The number of hydrogen-bond acceptors (Lipinski definition) is 7. The lowest BCUT2D eigenvalue weighted by Crippen LogP contribution is -2.30. The molecule has 0 N–H and O–H groups in total. The normalized spacial score (nSPS) is 19.3. The highest BCUT2D eigenvalue weighted by Crippen LogP contribution is 2.33. The number of rotatable bonds is 3. The van der Waals surface area contributed by atoms with Gasteiger partial charge < -0.3 is 4.52 Å². The van der Waals surface area contributed by atoms with Crippen LogP contribution in [0.3, 0.4) is 0 Å². The summed E-state index contributed by atoms with van der Waals surface area (Å²) in [5.41, 5.74) is 2.23. The summed E-state index contributed by atoms with van der Waals surface area (Å²) in [5.74, 6) is 0.695. The Kier molecular flexibility index (Phi) is 3.39. The molecule has 0 aromatic carbocycles. The van der Waals surface area contributed by atoms with E-state index in [1.165, 1.54) is 10.6 Å². The monoisotopic (exact) mass is 348 g/mol. The fraction of sp³-hybridized carbons (Fsp3) is 0.429. The maximum absolute atomic E-state index is 11.9. The van der Waals surface area contributed by atoms with Crippen LogP contribution in [-0.4, -0.2) is 50.3 Å². The van der Waals surface area contributed by atoms with Gasteiger partial charge in [0.25, 0.3) is 5.89 Å². The second kappa shape index (κ2) is 5.35. The van der Waals surface area contributed by atoms with E-state index >= 15 is 0 Å². The van der Waals surface area contributed by atoms with Crippen LogP contribution < -0.4 is 0 Å². The molecule has 0 amide bonds. The van der Waals surface area contributed by atoms with Crippen molar-refractivity contribution in [1.29, 1.82) is 0 Å². The van der Waals surface area contributed by atoms with Crippen molar-refractivity contribution < 1.29 is 12.9 Å². The standard InChI is InChI=1S/C14H16N6O3S/c1-9-10(8-15-12-5-6-16-20(9)12)14-17-13(18-23-14)11-4-3-7-19(11)24(2,21)22/h5-6,8,11H,3-4,7H2,1-2H3. The molecule has 1 unspecified atom stereocenters. The van der Waals surface area contributed by atoms with Crippen molar-refractivity contribution >= 4 is 15.7 Å². The summed E-state index contributed by atoms with van der Waals surface area (Å²) in [6, 6.07) is 1.43. The lowest BCUT2D eigenvalue weighted by molar-refractivity contribution is 0.360. The summed E-state index contributed by atoms with van der Waals surface area (Å²) in [6.07, 6.45) is 5.99. The van der Waals surface area contributed by atoms with E-state index in [0.717, 1.165) is 17.8 Å². The molecule has 1 aliphatic rings. The highest BCUT2D eigenvalue weighted by atomic mass is 32.2. The minimum absolute atomic E-state index is 0.313. The maximum atomic E-state index is 11.9. The van der Waals surface area contributed by atoms with Crippen molar-refractivity contribution in [2.24, 2.45) is 0 Å². The molecule has 1 fully saturated rings. The predicted octanol–water partition coefficient (Wildman–Crippen LogP) is 1.18. The third-order valence-corrected chi connectivity index (χ3v) is 5.55. The Morgan fingerprint density at radius 3 is 3.00 bits per heavy atom. The summed E-state index contributed by atoms with van der Waals surface area (Å²) in [7, 11) is -3.30. The molecule has 0 bridgehead atoms. The van der Waals surface area contributed by atoms with Gasteiger partial charge in [0.2, 0.25) is 10.0 Å². The molecule has 1 aliphatic heterocycles. The Bertz CT molecular complexity index is 1010. The zero-order valence-electron chi connectivity index (χ0n) is 13.2. The Hall–Kier alpha value is -2.33.